The third-order valence-corrected chi connectivity index (χ3v) is 3.90. The zero-order chi connectivity index (χ0) is 15.4. The number of nitrogens with zero attached hydrogens (tertiary/aromatic N) is 1. The van der Waals surface area contributed by atoms with Gasteiger partial charge in [-0.1, -0.05) is 28.1 Å². The number of benzene rings is 2. The summed E-state index contributed by atoms with van der Waals surface area (Å²) in [6.07, 6.45) is 0.895. The summed E-state index contributed by atoms with van der Waals surface area (Å²) in [6, 6.07) is 12.2. The second kappa shape index (κ2) is 6.85. The molecule has 0 spiro atoms. The molecule has 0 atom stereocenters. The maximum Gasteiger partial charge on any atom is 0.227 e. The average molecular weight is 350 g/mol. The van der Waals surface area contributed by atoms with E-state index in [4.69, 9.17) is 0 Å². The summed E-state index contributed by atoms with van der Waals surface area (Å²) in [6.45, 7) is 1.97. The lowest BCUT2D eigenvalue weighted by molar-refractivity contribution is -0.118. The van der Waals surface area contributed by atoms with Gasteiger partial charge in [0.05, 0.1) is 0 Å². The number of aryl methyl sites for hydroxylation is 2. The molecule has 1 amide bonds. The lowest BCUT2D eigenvalue weighted by Crippen LogP contribution is -2.27. The molecule has 110 valence electrons. The first-order valence-electron chi connectivity index (χ1n) is 6.74. The van der Waals surface area contributed by atoms with E-state index in [9.17, 15) is 9.18 Å². The van der Waals surface area contributed by atoms with Gasteiger partial charge in [-0.05, 0) is 54.8 Å². The summed E-state index contributed by atoms with van der Waals surface area (Å²) in [5, 5.41) is 0. The summed E-state index contributed by atoms with van der Waals surface area (Å²) in [4.78, 5) is 13.9. The van der Waals surface area contributed by atoms with Gasteiger partial charge in [0, 0.05) is 23.6 Å². The number of hydrogen-bond acceptors (Lipinski definition) is 1. The van der Waals surface area contributed by atoms with Crippen LogP contribution in [0, 0.1) is 12.7 Å². The summed E-state index contributed by atoms with van der Waals surface area (Å²) >= 11 is 3.41. The third-order valence-electron chi connectivity index (χ3n) is 3.41. The minimum Gasteiger partial charge on any atom is -0.315 e. The fourth-order valence-corrected chi connectivity index (χ4v) is 2.72. The van der Waals surface area contributed by atoms with Crippen molar-refractivity contribution < 1.29 is 9.18 Å². The molecule has 0 heterocycles. The molecule has 0 aliphatic carbocycles. The van der Waals surface area contributed by atoms with E-state index in [1.807, 2.05) is 31.2 Å². The number of halogens is 2. The highest BCUT2D eigenvalue weighted by Gasteiger charge is 2.13. The Morgan fingerprint density at radius 2 is 2.00 bits per heavy atom. The van der Waals surface area contributed by atoms with Gasteiger partial charge in [-0.3, -0.25) is 4.79 Å². The van der Waals surface area contributed by atoms with Crippen LogP contribution >= 0.6 is 15.9 Å². The van der Waals surface area contributed by atoms with Crippen LogP contribution in [0.25, 0.3) is 0 Å². The number of hydrogen-bond donors (Lipinski definition) is 0. The molecule has 0 aliphatic rings. The van der Waals surface area contributed by atoms with Crippen LogP contribution in [0.1, 0.15) is 17.5 Å². The summed E-state index contributed by atoms with van der Waals surface area (Å²) in [7, 11) is 1.77. The maximum atomic E-state index is 13.1. The molecular formula is C17H17BrFNO. The van der Waals surface area contributed by atoms with E-state index in [-0.39, 0.29) is 11.7 Å². The number of amides is 1. The van der Waals surface area contributed by atoms with Gasteiger partial charge in [0.15, 0.2) is 0 Å². The van der Waals surface area contributed by atoms with Crippen molar-refractivity contribution in [2.75, 3.05) is 11.9 Å². The van der Waals surface area contributed by atoms with Crippen molar-refractivity contribution in [2.45, 2.75) is 19.8 Å². The third kappa shape index (κ3) is 4.14. The molecule has 0 N–H and O–H groups in total. The van der Waals surface area contributed by atoms with Gasteiger partial charge in [-0.15, -0.1) is 0 Å². The quantitative estimate of drug-likeness (QED) is 0.796. The zero-order valence-corrected chi connectivity index (χ0v) is 13.7. The van der Waals surface area contributed by atoms with Crippen LogP contribution < -0.4 is 4.90 Å². The summed E-state index contributed by atoms with van der Waals surface area (Å²) in [5.74, 6) is -0.248. The summed E-state index contributed by atoms with van der Waals surface area (Å²) < 4.78 is 14.1. The SMILES string of the molecule is Cc1cc(Br)ccc1N(C)C(=O)CCc1cccc(F)c1. The topological polar surface area (TPSA) is 20.3 Å². The molecule has 0 aliphatic heterocycles. The molecule has 0 fully saturated rings. The lowest BCUT2D eigenvalue weighted by Gasteiger charge is -2.20. The minimum atomic E-state index is -0.267. The van der Waals surface area contributed by atoms with Gasteiger partial charge in [0.1, 0.15) is 5.82 Å². The number of anilines is 1. The fourth-order valence-electron chi connectivity index (χ4n) is 2.24. The van der Waals surface area contributed by atoms with E-state index in [0.29, 0.717) is 12.8 Å². The van der Waals surface area contributed by atoms with E-state index < -0.39 is 0 Å². The van der Waals surface area contributed by atoms with Crippen LogP contribution in [0.2, 0.25) is 0 Å². The van der Waals surface area contributed by atoms with Crippen LogP contribution in [-0.2, 0) is 11.2 Å². The Kier molecular flexibility index (Phi) is 5.12. The van der Waals surface area contributed by atoms with Gasteiger partial charge in [-0.25, -0.2) is 4.39 Å². The molecule has 0 radical (unpaired) electrons. The van der Waals surface area contributed by atoms with Crippen molar-refractivity contribution in [3.8, 4) is 0 Å². The van der Waals surface area contributed by atoms with Crippen LogP contribution in [-0.4, -0.2) is 13.0 Å². The molecule has 2 nitrogen and oxygen atoms in total. The van der Waals surface area contributed by atoms with E-state index in [1.165, 1.54) is 12.1 Å². The normalized spacial score (nSPS) is 10.5. The van der Waals surface area contributed by atoms with Gasteiger partial charge in [0.2, 0.25) is 5.91 Å². The van der Waals surface area contributed by atoms with E-state index >= 15 is 0 Å². The number of carbonyl (C=O) groups is 1. The van der Waals surface area contributed by atoms with Crippen molar-refractivity contribution >= 4 is 27.5 Å². The molecule has 4 heteroatoms. The average Bonchev–Trinajstić information content (AvgIpc) is 2.44. The molecule has 0 saturated heterocycles. The largest absolute Gasteiger partial charge is 0.315 e. The van der Waals surface area contributed by atoms with E-state index in [0.717, 1.165) is 21.3 Å². The first kappa shape index (κ1) is 15.7. The van der Waals surface area contributed by atoms with Crippen molar-refractivity contribution in [1.29, 1.82) is 0 Å². The predicted molar refractivity (Wildman–Crippen MR) is 87.0 cm³/mol. The highest BCUT2D eigenvalue weighted by Crippen LogP contribution is 2.23. The number of rotatable bonds is 4. The van der Waals surface area contributed by atoms with Crippen molar-refractivity contribution in [3.63, 3.8) is 0 Å². The van der Waals surface area contributed by atoms with Crippen LogP contribution in [0.5, 0.6) is 0 Å². The Bertz CT molecular complexity index is 657. The standard InChI is InChI=1S/C17H17BrFNO/c1-12-10-14(18)7-8-16(12)20(2)17(21)9-6-13-4-3-5-15(19)11-13/h3-5,7-8,10-11H,6,9H2,1-2H3. The Morgan fingerprint density at radius 3 is 2.67 bits per heavy atom. The first-order valence-corrected chi connectivity index (χ1v) is 7.54. The zero-order valence-electron chi connectivity index (χ0n) is 12.1. The fraction of sp³-hybridized carbons (Fsp3) is 0.235. The Labute approximate surface area is 132 Å². The molecule has 2 aromatic rings. The molecule has 0 aromatic heterocycles. The number of carbonyl (C=O) groups excluding carboxylic acids is 1. The second-order valence-electron chi connectivity index (χ2n) is 5.01. The highest BCUT2D eigenvalue weighted by molar-refractivity contribution is 9.10. The van der Waals surface area contributed by atoms with E-state index in [1.54, 1.807) is 18.0 Å². The van der Waals surface area contributed by atoms with Gasteiger partial charge >= 0.3 is 0 Å². The molecular weight excluding hydrogens is 333 g/mol. The predicted octanol–water partition coefficient (Wildman–Crippen LogP) is 4.49. The molecule has 0 saturated carbocycles. The molecule has 0 bridgehead atoms. The molecule has 2 rings (SSSR count). The van der Waals surface area contributed by atoms with E-state index in [2.05, 4.69) is 15.9 Å². The van der Waals surface area contributed by atoms with Crippen LogP contribution in [0.3, 0.4) is 0 Å². The Hall–Kier alpha value is -1.68. The summed E-state index contributed by atoms with van der Waals surface area (Å²) in [5.41, 5.74) is 2.76. The Morgan fingerprint density at radius 1 is 1.24 bits per heavy atom. The minimum absolute atomic E-state index is 0.0182. The molecule has 2 aromatic carbocycles. The van der Waals surface area contributed by atoms with Crippen LogP contribution in [0.15, 0.2) is 46.9 Å². The van der Waals surface area contributed by atoms with Gasteiger partial charge < -0.3 is 4.90 Å². The second-order valence-corrected chi connectivity index (χ2v) is 5.93. The first-order chi connectivity index (χ1) is 9.97. The highest BCUT2D eigenvalue weighted by atomic mass is 79.9. The van der Waals surface area contributed by atoms with Crippen molar-refractivity contribution in [3.05, 3.63) is 63.9 Å². The van der Waals surface area contributed by atoms with Crippen molar-refractivity contribution in [1.82, 2.24) is 0 Å². The van der Waals surface area contributed by atoms with Gasteiger partial charge in [-0.2, -0.15) is 0 Å². The molecule has 21 heavy (non-hydrogen) atoms. The van der Waals surface area contributed by atoms with Crippen molar-refractivity contribution in [2.24, 2.45) is 0 Å². The maximum absolute atomic E-state index is 13.1. The monoisotopic (exact) mass is 349 g/mol. The molecule has 0 unspecified atom stereocenters. The smallest absolute Gasteiger partial charge is 0.227 e. The van der Waals surface area contributed by atoms with Gasteiger partial charge in [0.25, 0.3) is 0 Å². The Balaban J connectivity index is 2.02. The van der Waals surface area contributed by atoms with Crippen LogP contribution in [0.4, 0.5) is 10.1 Å². The lowest BCUT2D eigenvalue weighted by atomic mass is 10.1.